The van der Waals surface area contributed by atoms with Crippen LogP contribution in [-0.4, -0.2) is 35.0 Å². The Morgan fingerprint density at radius 1 is 1.42 bits per heavy atom. The predicted molar refractivity (Wildman–Crippen MR) is 71.2 cm³/mol. The topological polar surface area (TPSA) is 37.3 Å². The van der Waals surface area contributed by atoms with E-state index in [0.717, 1.165) is 23.0 Å². The van der Waals surface area contributed by atoms with Crippen LogP contribution in [0, 0.1) is 5.82 Å². The number of piperazine rings is 1. The minimum atomic E-state index is -0.244. The van der Waals surface area contributed by atoms with E-state index in [1.807, 2.05) is 22.7 Å². The van der Waals surface area contributed by atoms with E-state index in [1.165, 1.54) is 12.1 Å². The Kier molecular flexibility index (Phi) is 2.98. The van der Waals surface area contributed by atoms with Gasteiger partial charge in [-0.2, -0.15) is 0 Å². The molecule has 1 amide bonds. The molecule has 1 fully saturated rings. The van der Waals surface area contributed by atoms with E-state index in [2.05, 4.69) is 5.32 Å². The standard InChI is InChI=1S/C14H16FN3O/c1-17-8-10(9-18-5-4-16-7-14(18)19)12-6-11(15)2-3-13(12)17/h2-3,6,8,16H,4-5,7,9H2,1H3. The van der Waals surface area contributed by atoms with Gasteiger partial charge in [0.05, 0.1) is 6.54 Å². The van der Waals surface area contributed by atoms with E-state index in [1.54, 1.807) is 6.07 Å². The number of fused-ring (bicyclic) bond motifs is 1. The molecule has 3 rings (SSSR count). The summed E-state index contributed by atoms with van der Waals surface area (Å²) >= 11 is 0. The molecular formula is C14H16FN3O. The lowest BCUT2D eigenvalue weighted by atomic mass is 10.1. The number of hydrogen-bond acceptors (Lipinski definition) is 2. The number of nitrogens with one attached hydrogen (secondary N) is 1. The van der Waals surface area contributed by atoms with Crippen LogP contribution in [0.15, 0.2) is 24.4 Å². The molecule has 1 saturated heterocycles. The monoisotopic (exact) mass is 261 g/mol. The molecule has 1 aliphatic rings. The molecule has 19 heavy (non-hydrogen) atoms. The molecule has 100 valence electrons. The van der Waals surface area contributed by atoms with Crippen LogP contribution in [0.4, 0.5) is 4.39 Å². The molecule has 0 saturated carbocycles. The first-order chi connectivity index (χ1) is 9.15. The number of amides is 1. The van der Waals surface area contributed by atoms with Crippen molar-refractivity contribution in [1.82, 2.24) is 14.8 Å². The number of aryl methyl sites for hydroxylation is 1. The van der Waals surface area contributed by atoms with Crippen LogP contribution in [0.3, 0.4) is 0 Å². The van der Waals surface area contributed by atoms with Crippen LogP contribution in [0.1, 0.15) is 5.56 Å². The van der Waals surface area contributed by atoms with Crippen molar-refractivity contribution in [3.63, 3.8) is 0 Å². The molecule has 0 radical (unpaired) electrons. The minimum Gasteiger partial charge on any atom is -0.350 e. The normalized spacial score (nSPS) is 16.3. The first kappa shape index (κ1) is 12.2. The summed E-state index contributed by atoms with van der Waals surface area (Å²) in [6.07, 6.45) is 1.97. The fraction of sp³-hybridized carbons (Fsp3) is 0.357. The molecule has 1 aliphatic heterocycles. The fourth-order valence-electron chi connectivity index (χ4n) is 2.59. The second kappa shape index (κ2) is 4.66. The number of carbonyl (C=O) groups excluding carboxylic acids is 1. The molecule has 0 bridgehead atoms. The molecule has 5 heteroatoms. The minimum absolute atomic E-state index is 0.0969. The third-order valence-corrected chi connectivity index (χ3v) is 3.58. The van der Waals surface area contributed by atoms with Crippen molar-refractivity contribution >= 4 is 16.8 Å². The third kappa shape index (κ3) is 2.21. The van der Waals surface area contributed by atoms with E-state index in [4.69, 9.17) is 0 Å². The van der Waals surface area contributed by atoms with Gasteiger partial charge in [0, 0.05) is 43.8 Å². The van der Waals surface area contributed by atoms with Gasteiger partial charge in [0.15, 0.2) is 0 Å². The van der Waals surface area contributed by atoms with Crippen molar-refractivity contribution in [1.29, 1.82) is 0 Å². The van der Waals surface area contributed by atoms with Crippen LogP contribution >= 0.6 is 0 Å². The van der Waals surface area contributed by atoms with Gasteiger partial charge < -0.3 is 14.8 Å². The smallest absolute Gasteiger partial charge is 0.236 e. The second-order valence-corrected chi connectivity index (χ2v) is 4.92. The Bertz CT molecular complexity index is 635. The lowest BCUT2D eigenvalue weighted by Gasteiger charge is -2.27. The van der Waals surface area contributed by atoms with Gasteiger partial charge in [0.1, 0.15) is 5.82 Å². The second-order valence-electron chi connectivity index (χ2n) is 4.92. The van der Waals surface area contributed by atoms with E-state index in [0.29, 0.717) is 19.6 Å². The molecule has 1 aromatic heterocycles. The largest absolute Gasteiger partial charge is 0.350 e. The number of hydrogen-bond donors (Lipinski definition) is 1. The van der Waals surface area contributed by atoms with Crippen molar-refractivity contribution in [2.45, 2.75) is 6.54 Å². The summed E-state index contributed by atoms with van der Waals surface area (Å²) in [5.41, 5.74) is 1.98. The van der Waals surface area contributed by atoms with E-state index in [9.17, 15) is 9.18 Å². The molecule has 0 unspecified atom stereocenters. The zero-order valence-electron chi connectivity index (χ0n) is 10.8. The van der Waals surface area contributed by atoms with Crippen LogP contribution in [-0.2, 0) is 18.4 Å². The molecule has 1 N–H and O–H groups in total. The molecular weight excluding hydrogens is 245 g/mol. The number of carbonyl (C=O) groups is 1. The first-order valence-corrected chi connectivity index (χ1v) is 6.37. The van der Waals surface area contributed by atoms with Crippen LogP contribution in [0.25, 0.3) is 10.9 Å². The van der Waals surface area contributed by atoms with Crippen LogP contribution in [0.2, 0.25) is 0 Å². The lowest BCUT2D eigenvalue weighted by Crippen LogP contribution is -2.47. The Labute approximate surface area is 110 Å². The maximum absolute atomic E-state index is 13.4. The molecule has 2 aromatic rings. The molecule has 1 aromatic carbocycles. The summed E-state index contributed by atoms with van der Waals surface area (Å²) in [6.45, 7) is 2.44. The summed E-state index contributed by atoms with van der Waals surface area (Å²) < 4.78 is 15.4. The maximum atomic E-state index is 13.4. The number of halogens is 1. The van der Waals surface area contributed by atoms with Gasteiger partial charge in [-0.3, -0.25) is 4.79 Å². The van der Waals surface area contributed by atoms with Crippen LogP contribution < -0.4 is 5.32 Å². The Morgan fingerprint density at radius 3 is 3.05 bits per heavy atom. The van der Waals surface area contributed by atoms with Crippen molar-refractivity contribution < 1.29 is 9.18 Å². The summed E-state index contributed by atoms with van der Waals surface area (Å²) in [6, 6.07) is 4.77. The Balaban J connectivity index is 1.96. The fourth-order valence-corrected chi connectivity index (χ4v) is 2.59. The van der Waals surface area contributed by atoms with E-state index in [-0.39, 0.29) is 11.7 Å². The quantitative estimate of drug-likeness (QED) is 0.883. The lowest BCUT2D eigenvalue weighted by molar-refractivity contribution is -0.132. The van der Waals surface area contributed by atoms with E-state index >= 15 is 0 Å². The number of rotatable bonds is 2. The zero-order chi connectivity index (χ0) is 13.4. The zero-order valence-corrected chi connectivity index (χ0v) is 10.8. The molecule has 0 atom stereocenters. The number of aromatic nitrogens is 1. The predicted octanol–water partition coefficient (Wildman–Crippen LogP) is 1.25. The summed E-state index contributed by atoms with van der Waals surface area (Å²) in [7, 11) is 1.93. The molecule has 4 nitrogen and oxygen atoms in total. The molecule has 0 spiro atoms. The highest BCUT2D eigenvalue weighted by Gasteiger charge is 2.19. The maximum Gasteiger partial charge on any atom is 0.236 e. The van der Waals surface area contributed by atoms with Crippen molar-refractivity contribution in [2.24, 2.45) is 7.05 Å². The molecule has 2 heterocycles. The average Bonchev–Trinajstić information content (AvgIpc) is 2.69. The highest BCUT2D eigenvalue weighted by Crippen LogP contribution is 2.23. The van der Waals surface area contributed by atoms with Gasteiger partial charge in [0.25, 0.3) is 0 Å². The van der Waals surface area contributed by atoms with Crippen molar-refractivity contribution in [3.05, 3.63) is 35.8 Å². The Hall–Kier alpha value is -1.88. The SMILES string of the molecule is Cn1cc(CN2CCNCC2=O)c2cc(F)ccc21. The van der Waals surface area contributed by atoms with Gasteiger partial charge >= 0.3 is 0 Å². The van der Waals surface area contributed by atoms with Crippen molar-refractivity contribution in [3.8, 4) is 0 Å². The first-order valence-electron chi connectivity index (χ1n) is 6.37. The van der Waals surface area contributed by atoms with Gasteiger partial charge in [-0.1, -0.05) is 0 Å². The van der Waals surface area contributed by atoms with Gasteiger partial charge in [-0.15, -0.1) is 0 Å². The van der Waals surface area contributed by atoms with Gasteiger partial charge in [0.2, 0.25) is 5.91 Å². The summed E-state index contributed by atoms with van der Waals surface area (Å²) in [5, 5.41) is 3.93. The third-order valence-electron chi connectivity index (χ3n) is 3.58. The van der Waals surface area contributed by atoms with Crippen LogP contribution in [0.5, 0.6) is 0 Å². The highest BCUT2D eigenvalue weighted by molar-refractivity contribution is 5.85. The summed E-state index contributed by atoms with van der Waals surface area (Å²) in [4.78, 5) is 13.6. The highest BCUT2D eigenvalue weighted by atomic mass is 19.1. The number of benzene rings is 1. The molecule has 0 aliphatic carbocycles. The van der Waals surface area contributed by atoms with Gasteiger partial charge in [-0.25, -0.2) is 4.39 Å². The average molecular weight is 261 g/mol. The van der Waals surface area contributed by atoms with E-state index < -0.39 is 0 Å². The van der Waals surface area contributed by atoms with Crippen molar-refractivity contribution in [2.75, 3.05) is 19.6 Å². The number of nitrogens with zero attached hydrogens (tertiary/aromatic N) is 2. The van der Waals surface area contributed by atoms with Gasteiger partial charge in [-0.05, 0) is 23.8 Å². The Morgan fingerprint density at radius 2 is 2.26 bits per heavy atom. The summed E-state index contributed by atoms with van der Waals surface area (Å²) in [5.74, 6) is -0.147.